The van der Waals surface area contributed by atoms with Gasteiger partial charge in [0.25, 0.3) is 5.91 Å². The Bertz CT molecular complexity index is 527. The second-order valence-corrected chi connectivity index (χ2v) is 5.00. The summed E-state index contributed by atoms with van der Waals surface area (Å²) in [6, 6.07) is 7.14. The van der Waals surface area contributed by atoms with Gasteiger partial charge in [0, 0.05) is 11.6 Å². The second-order valence-electron chi connectivity index (χ2n) is 5.00. The fourth-order valence-electron chi connectivity index (χ4n) is 1.70. The number of benzene rings is 1. The highest BCUT2D eigenvalue weighted by Crippen LogP contribution is 2.05. The van der Waals surface area contributed by atoms with Crippen LogP contribution in [0.25, 0.3) is 0 Å². The molecule has 3 N–H and O–H groups in total. The smallest absolute Gasteiger partial charge is 0.251 e. The Labute approximate surface area is 124 Å². The third kappa shape index (κ3) is 6.07. The van der Waals surface area contributed by atoms with E-state index in [0.717, 1.165) is 5.56 Å². The first-order valence-corrected chi connectivity index (χ1v) is 6.80. The maximum absolute atomic E-state index is 11.9. The molecule has 0 aliphatic rings. The molecular weight excluding hydrogens is 270 g/mol. The van der Waals surface area contributed by atoms with Gasteiger partial charge in [0.1, 0.15) is 0 Å². The van der Waals surface area contributed by atoms with E-state index in [-0.39, 0.29) is 30.9 Å². The van der Waals surface area contributed by atoms with Crippen LogP contribution in [0.15, 0.2) is 24.3 Å². The normalized spacial score (nSPS) is 10.1. The lowest BCUT2D eigenvalue weighted by Gasteiger charge is -2.10. The Balaban J connectivity index is 2.35. The molecule has 0 atom stereocenters. The van der Waals surface area contributed by atoms with Crippen LogP contribution in [-0.2, 0) is 9.59 Å². The molecule has 0 saturated carbocycles. The molecule has 0 fully saturated rings. The van der Waals surface area contributed by atoms with Crippen LogP contribution < -0.4 is 16.0 Å². The fraction of sp³-hybridized carbons (Fsp3) is 0.400. The molecule has 1 aromatic rings. The van der Waals surface area contributed by atoms with Crippen LogP contribution in [0.3, 0.4) is 0 Å². The Morgan fingerprint density at radius 3 is 2.24 bits per heavy atom. The highest BCUT2D eigenvalue weighted by molar-refractivity contribution is 5.97. The van der Waals surface area contributed by atoms with Crippen LogP contribution in [0.4, 0.5) is 0 Å². The third-order valence-electron chi connectivity index (χ3n) is 2.69. The first-order chi connectivity index (χ1) is 9.90. The predicted molar refractivity (Wildman–Crippen MR) is 79.8 cm³/mol. The van der Waals surface area contributed by atoms with Gasteiger partial charge >= 0.3 is 0 Å². The van der Waals surface area contributed by atoms with Crippen molar-refractivity contribution in [1.82, 2.24) is 16.0 Å². The first-order valence-electron chi connectivity index (χ1n) is 6.80. The maximum Gasteiger partial charge on any atom is 0.251 e. The molecule has 0 unspecified atom stereocenters. The number of carbonyl (C=O) groups excluding carboxylic acids is 3. The van der Waals surface area contributed by atoms with E-state index in [1.165, 1.54) is 0 Å². The SMILES string of the molecule is Cc1ccccc1C(=O)NCC(=O)NCC(=O)NC(C)C. The average molecular weight is 291 g/mol. The number of aryl methyl sites for hydroxylation is 1. The largest absolute Gasteiger partial charge is 0.352 e. The zero-order chi connectivity index (χ0) is 15.8. The summed E-state index contributed by atoms with van der Waals surface area (Å²) in [5.74, 6) is -0.977. The summed E-state index contributed by atoms with van der Waals surface area (Å²) in [6.07, 6.45) is 0. The summed E-state index contributed by atoms with van der Waals surface area (Å²) in [7, 11) is 0. The van der Waals surface area contributed by atoms with Gasteiger partial charge in [0.2, 0.25) is 11.8 Å². The summed E-state index contributed by atoms with van der Waals surface area (Å²) < 4.78 is 0. The predicted octanol–water partition coefficient (Wildman–Crippen LogP) is 0.366. The molecule has 0 saturated heterocycles. The molecule has 0 aromatic heterocycles. The van der Waals surface area contributed by atoms with Gasteiger partial charge in [-0.2, -0.15) is 0 Å². The average Bonchev–Trinajstić information content (AvgIpc) is 2.42. The summed E-state index contributed by atoms with van der Waals surface area (Å²) in [5, 5.41) is 7.62. The van der Waals surface area contributed by atoms with E-state index in [4.69, 9.17) is 0 Å². The molecule has 1 rings (SSSR count). The van der Waals surface area contributed by atoms with Crippen molar-refractivity contribution in [2.45, 2.75) is 26.8 Å². The maximum atomic E-state index is 11.9. The lowest BCUT2D eigenvalue weighted by atomic mass is 10.1. The number of rotatable bonds is 6. The molecular formula is C15H21N3O3. The molecule has 21 heavy (non-hydrogen) atoms. The first kappa shape index (κ1) is 16.7. The molecule has 1 aromatic carbocycles. The van der Waals surface area contributed by atoms with Crippen molar-refractivity contribution >= 4 is 17.7 Å². The van der Waals surface area contributed by atoms with Crippen LogP contribution in [-0.4, -0.2) is 36.9 Å². The van der Waals surface area contributed by atoms with Crippen molar-refractivity contribution in [2.24, 2.45) is 0 Å². The van der Waals surface area contributed by atoms with E-state index in [1.54, 1.807) is 12.1 Å². The molecule has 6 nitrogen and oxygen atoms in total. The molecule has 6 heteroatoms. The second kappa shape index (κ2) is 8.04. The molecule has 0 bridgehead atoms. The Morgan fingerprint density at radius 2 is 1.62 bits per heavy atom. The van der Waals surface area contributed by atoms with E-state index >= 15 is 0 Å². The number of hydrogen-bond donors (Lipinski definition) is 3. The van der Waals surface area contributed by atoms with Crippen molar-refractivity contribution in [3.8, 4) is 0 Å². The van der Waals surface area contributed by atoms with Gasteiger partial charge in [-0.3, -0.25) is 14.4 Å². The summed E-state index contributed by atoms with van der Waals surface area (Å²) in [5.41, 5.74) is 1.37. The molecule has 0 spiro atoms. The van der Waals surface area contributed by atoms with Crippen LogP contribution in [0.2, 0.25) is 0 Å². The number of carbonyl (C=O) groups is 3. The number of nitrogens with one attached hydrogen (secondary N) is 3. The quantitative estimate of drug-likeness (QED) is 0.707. The lowest BCUT2D eigenvalue weighted by molar-refractivity contribution is -0.125. The molecule has 0 aliphatic heterocycles. The van der Waals surface area contributed by atoms with Crippen LogP contribution in [0.5, 0.6) is 0 Å². The van der Waals surface area contributed by atoms with Crippen molar-refractivity contribution < 1.29 is 14.4 Å². The molecule has 0 aliphatic carbocycles. The number of amides is 3. The van der Waals surface area contributed by atoms with Gasteiger partial charge in [-0.15, -0.1) is 0 Å². The van der Waals surface area contributed by atoms with Crippen molar-refractivity contribution in [3.05, 3.63) is 35.4 Å². The van der Waals surface area contributed by atoms with Crippen molar-refractivity contribution in [3.63, 3.8) is 0 Å². The van der Waals surface area contributed by atoms with Gasteiger partial charge in [-0.1, -0.05) is 18.2 Å². The van der Waals surface area contributed by atoms with Gasteiger partial charge in [-0.25, -0.2) is 0 Å². The Kier molecular flexibility index (Phi) is 6.39. The zero-order valence-electron chi connectivity index (χ0n) is 12.5. The van der Waals surface area contributed by atoms with Crippen LogP contribution in [0, 0.1) is 6.92 Å². The van der Waals surface area contributed by atoms with Crippen molar-refractivity contribution in [1.29, 1.82) is 0 Å². The van der Waals surface area contributed by atoms with Gasteiger partial charge in [0.15, 0.2) is 0 Å². The fourth-order valence-corrected chi connectivity index (χ4v) is 1.70. The third-order valence-corrected chi connectivity index (χ3v) is 2.69. The van der Waals surface area contributed by atoms with E-state index in [2.05, 4.69) is 16.0 Å². The van der Waals surface area contributed by atoms with Crippen LogP contribution in [0.1, 0.15) is 29.8 Å². The highest BCUT2D eigenvalue weighted by Gasteiger charge is 2.10. The number of hydrogen-bond acceptors (Lipinski definition) is 3. The molecule has 3 amide bonds. The Morgan fingerprint density at radius 1 is 1.00 bits per heavy atom. The summed E-state index contributed by atoms with van der Waals surface area (Å²) in [4.78, 5) is 34.8. The molecule has 114 valence electrons. The monoisotopic (exact) mass is 291 g/mol. The standard InChI is InChI=1S/C15H21N3O3/c1-10(2)18-14(20)9-16-13(19)8-17-15(21)12-7-5-4-6-11(12)3/h4-7,10H,8-9H2,1-3H3,(H,16,19)(H,17,21)(H,18,20). The van der Waals surface area contributed by atoms with Gasteiger partial charge in [-0.05, 0) is 32.4 Å². The zero-order valence-corrected chi connectivity index (χ0v) is 12.5. The minimum Gasteiger partial charge on any atom is -0.352 e. The highest BCUT2D eigenvalue weighted by atomic mass is 16.2. The Hall–Kier alpha value is -2.37. The van der Waals surface area contributed by atoms with Gasteiger partial charge < -0.3 is 16.0 Å². The van der Waals surface area contributed by atoms with E-state index in [9.17, 15) is 14.4 Å². The molecule has 0 heterocycles. The van der Waals surface area contributed by atoms with Crippen LogP contribution >= 0.6 is 0 Å². The van der Waals surface area contributed by atoms with E-state index < -0.39 is 5.91 Å². The van der Waals surface area contributed by atoms with E-state index in [0.29, 0.717) is 5.56 Å². The van der Waals surface area contributed by atoms with Gasteiger partial charge in [0.05, 0.1) is 13.1 Å². The van der Waals surface area contributed by atoms with Crippen molar-refractivity contribution in [2.75, 3.05) is 13.1 Å². The summed E-state index contributed by atoms with van der Waals surface area (Å²) in [6.45, 7) is 5.23. The minimum absolute atomic E-state index is 0.0233. The van der Waals surface area contributed by atoms with E-state index in [1.807, 2.05) is 32.9 Å². The summed E-state index contributed by atoms with van der Waals surface area (Å²) >= 11 is 0. The minimum atomic E-state index is -0.407. The lowest BCUT2D eigenvalue weighted by Crippen LogP contribution is -2.43. The molecule has 0 radical (unpaired) electrons. The topological polar surface area (TPSA) is 87.3 Å².